The Morgan fingerprint density at radius 1 is 1.03 bits per heavy atom. The van der Waals surface area contributed by atoms with E-state index in [9.17, 15) is 14.0 Å². The third-order valence-corrected chi connectivity index (χ3v) is 7.21. The van der Waals surface area contributed by atoms with Gasteiger partial charge in [0.15, 0.2) is 0 Å². The van der Waals surface area contributed by atoms with Crippen molar-refractivity contribution in [2.24, 2.45) is 0 Å². The minimum Gasteiger partial charge on any atom is -0.352 e. The Kier molecular flexibility index (Phi) is 9.79. The summed E-state index contributed by atoms with van der Waals surface area (Å²) in [5.74, 6) is 0.534. The number of hydrogen-bond donors (Lipinski definition) is 1. The molecule has 4 nitrogen and oxygen atoms in total. The molecular formula is C27H35FN2O2S. The summed E-state index contributed by atoms with van der Waals surface area (Å²) in [6.45, 7) is 4.41. The van der Waals surface area contributed by atoms with E-state index in [1.54, 1.807) is 17.0 Å². The molecule has 33 heavy (non-hydrogen) atoms. The van der Waals surface area contributed by atoms with E-state index >= 15 is 0 Å². The van der Waals surface area contributed by atoms with Crippen LogP contribution < -0.4 is 5.32 Å². The molecule has 1 aliphatic rings. The second-order valence-corrected chi connectivity index (χ2v) is 9.88. The van der Waals surface area contributed by atoms with Gasteiger partial charge in [-0.1, -0.05) is 68.1 Å². The highest BCUT2D eigenvalue weighted by Crippen LogP contribution is 2.20. The smallest absolute Gasteiger partial charge is 0.243 e. The number of benzene rings is 2. The summed E-state index contributed by atoms with van der Waals surface area (Å²) in [7, 11) is 0. The third kappa shape index (κ3) is 7.88. The van der Waals surface area contributed by atoms with Crippen LogP contribution >= 0.6 is 11.8 Å². The number of carbonyl (C=O) groups is 2. The molecule has 2 amide bonds. The van der Waals surface area contributed by atoms with Gasteiger partial charge in [0.25, 0.3) is 0 Å². The molecule has 1 fully saturated rings. The lowest BCUT2D eigenvalue weighted by atomic mass is 9.95. The lowest BCUT2D eigenvalue weighted by Crippen LogP contribution is -2.52. The van der Waals surface area contributed by atoms with E-state index in [0.29, 0.717) is 18.7 Å². The van der Waals surface area contributed by atoms with Gasteiger partial charge in [-0.3, -0.25) is 9.59 Å². The molecule has 6 heteroatoms. The molecule has 1 saturated carbocycles. The minimum absolute atomic E-state index is 0.0478. The summed E-state index contributed by atoms with van der Waals surface area (Å²) >= 11 is 1.49. The van der Waals surface area contributed by atoms with Crippen LogP contribution in [0.3, 0.4) is 0 Å². The Morgan fingerprint density at radius 3 is 2.30 bits per heavy atom. The van der Waals surface area contributed by atoms with Crippen molar-refractivity contribution in [1.82, 2.24) is 10.2 Å². The first kappa shape index (κ1) is 25.3. The molecule has 1 aliphatic carbocycles. The van der Waals surface area contributed by atoms with Crippen LogP contribution in [-0.2, 0) is 21.9 Å². The first-order chi connectivity index (χ1) is 16.0. The standard InChI is InChI=1S/C27H35FN2O2S/c1-3-25(27(32)29-24-7-5-4-6-8-24)30(17-21-11-9-20(2)10-12-21)26(31)19-33-18-22-13-15-23(28)16-14-22/h9-16,24-25H,3-8,17-19H2,1-2H3,(H,29,32)/t25-/m1/s1. The van der Waals surface area contributed by atoms with Crippen LogP contribution in [0.1, 0.15) is 62.1 Å². The van der Waals surface area contributed by atoms with E-state index < -0.39 is 6.04 Å². The van der Waals surface area contributed by atoms with Crippen molar-refractivity contribution in [2.45, 2.75) is 76.8 Å². The van der Waals surface area contributed by atoms with E-state index in [0.717, 1.165) is 42.4 Å². The molecule has 0 saturated heterocycles. The highest BCUT2D eigenvalue weighted by Gasteiger charge is 2.30. The van der Waals surface area contributed by atoms with Gasteiger partial charge in [-0.15, -0.1) is 11.8 Å². The minimum atomic E-state index is -0.493. The number of hydrogen-bond acceptors (Lipinski definition) is 3. The summed E-state index contributed by atoms with van der Waals surface area (Å²) in [5, 5.41) is 3.21. The van der Waals surface area contributed by atoms with Crippen molar-refractivity contribution in [1.29, 1.82) is 0 Å². The summed E-state index contributed by atoms with van der Waals surface area (Å²) in [5.41, 5.74) is 3.15. The molecule has 0 spiro atoms. The van der Waals surface area contributed by atoms with E-state index in [4.69, 9.17) is 0 Å². The van der Waals surface area contributed by atoms with E-state index in [1.165, 1.54) is 30.3 Å². The van der Waals surface area contributed by atoms with Gasteiger partial charge in [0.1, 0.15) is 11.9 Å². The van der Waals surface area contributed by atoms with Gasteiger partial charge in [0.2, 0.25) is 11.8 Å². The topological polar surface area (TPSA) is 49.4 Å². The van der Waals surface area contributed by atoms with Crippen molar-refractivity contribution in [3.05, 3.63) is 71.0 Å². The molecule has 178 valence electrons. The Labute approximate surface area is 201 Å². The highest BCUT2D eigenvalue weighted by atomic mass is 32.2. The summed E-state index contributed by atoms with van der Waals surface area (Å²) in [6.07, 6.45) is 6.12. The zero-order valence-electron chi connectivity index (χ0n) is 19.7. The second kappa shape index (κ2) is 12.8. The molecule has 0 radical (unpaired) electrons. The van der Waals surface area contributed by atoms with Crippen LogP contribution in [0.25, 0.3) is 0 Å². The third-order valence-electron chi connectivity index (χ3n) is 6.22. The van der Waals surface area contributed by atoms with Gasteiger partial charge in [-0.2, -0.15) is 0 Å². The van der Waals surface area contributed by atoms with E-state index in [2.05, 4.69) is 5.32 Å². The fraction of sp³-hybridized carbons (Fsp3) is 0.481. The number of carbonyl (C=O) groups excluding carboxylic acids is 2. The molecule has 0 aliphatic heterocycles. The van der Waals surface area contributed by atoms with Gasteiger partial charge in [-0.05, 0) is 49.4 Å². The fourth-order valence-electron chi connectivity index (χ4n) is 4.27. The highest BCUT2D eigenvalue weighted by molar-refractivity contribution is 7.99. The molecule has 0 aromatic heterocycles. The average molecular weight is 471 g/mol. The van der Waals surface area contributed by atoms with Crippen LogP contribution in [0.4, 0.5) is 4.39 Å². The molecule has 2 aromatic carbocycles. The van der Waals surface area contributed by atoms with Crippen molar-refractivity contribution in [3.63, 3.8) is 0 Å². The number of nitrogens with zero attached hydrogens (tertiary/aromatic N) is 1. The van der Waals surface area contributed by atoms with Gasteiger partial charge >= 0.3 is 0 Å². The quantitative estimate of drug-likeness (QED) is 0.490. The molecule has 0 heterocycles. The Balaban J connectivity index is 1.68. The van der Waals surface area contributed by atoms with Crippen LogP contribution in [0.2, 0.25) is 0 Å². The zero-order chi connectivity index (χ0) is 23.6. The monoisotopic (exact) mass is 470 g/mol. The van der Waals surface area contributed by atoms with Gasteiger partial charge in [0.05, 0.1) is 5.75 Å². The van der Waals surface area contributed by atoms with Gasteiger partial charge in [0, 0.05) is 18.3 Å². The molecule has 2 aromatic rings. The van der Waals surface area contributed by atoms with Crippen molar-refractivity contribution >= 4 is 23.6 Å². The summed E-state index contributed by atoms with van der Waals surface area (Å²) in [4.78, 5) is 28.3. The number of nitrogens with one attached hydrogen (secondary N) is 1. The number of amides is 2. The fourth-order valence-corrected chi connectivity index (χ4v) is 5.14. The summed E-state index contributed by atoms with van der Waals surface area (Å²) < 4.78 is 13.1. The number of halogens is 1. The Morgan fingerprint density at radius 2 is 1.67 bits per heavy atom. The maximum absolute atomic E-state index is 13.3. The van der Waals surface area contributed by atoms with Crippen LogP contribution in [-0.4, -0.2) is 34.6 Å². The molecule has 1 N–H and O–H groups in total. The van der Waals surface area contributed by atoms with Crippen LogP contribution in [0.15, 0.2) is 48.5 Å². The lowest BCUT2D eigenvalue weighted by molar-refractivity contribution is -0.139. The Bertz CT molecular complexity index is 895. The van der Waals surface area contributed by atoms with Crippen molar-refractivity contribution < 1.29 is 14.0 Å². The van der Waals surface area contributed by atoms with Crippen LogP contribution in [0.5, 0.6) is 0 Å². The maximum Gasteiger partial charge on any atom is 0.243 e. The molecule has 0 bridgehead atoms. The predicted molar refractivity (Wildman–Crippen MR) is 133 cm³/mol. The van der Waals surface area contributed by atoms with Crippen molar-refractivity contribution in [2.75, 3.05) is 5.75 Å². The normalized spacial score (nSPS) is 15.1. The predicted octanol–water partition coefficient (Wildman–Crippen LogP) is 5.62. The lowest BCUT2D eigenvalue weighted by Gasteiger charge is -2.32. The second-order valence-electron chi connectivity index (χ2n) is 8.89. The Hall–Kier alpha value is -2.34. The van der Waals surface area contributed by atoms with E-state index in [-0.39, 0.29) is 29.4 Å². The average Bonchev–Trinajstić information content (AvgIpc) is 2.82. The number of rotatable bonds is 10. The zero-order valence-corrected chi connectivity index (χ0v) is 20.5. The van der Waals surface area contributed by atoms with Gasteiger partial charge < -0.3 is 10.2 Å². The first-order valence-corrected chi connectivity index (χ1v) is 13.1. The molecule has 3 rings (SSSR count). The number of thioether (sulfide) groups is 1. The molecular weight excluding hydrogens is 435 g/mol. The van der Waals surface area contributed by atoms with E-state index in [1.807, 2.05) is 38.1 Å². The SMILES string of the molecule is CC[C@H](C(=O)NC1CCCCC1)N(Cc1ccc(C)cc1)C(=O)CSCc1ccc(F)cc1. The molecule has 0 unspecified atom stereocenters. The summed E-state index contributed by atoms with van der Waals surface area (Å²) in [6, 6.07) is 14.2. The largest absolute Gasteiger partial charge is 0.352 e. The first-order valence-electron chi connectivity index (χ1n) is 11.9. The molecule has 1 atom stereocenters. The maximum atomic E-state index is 13.3. The number of aryl methyl sites for hydroxylation is 1. The van der Waals surface area contributed by atoms with Crippen LogP contribution in [0, 0.1) is 12.7 Å². The van der Waals surface area contributed by atoms with Crippen molar-refractivity contribution in [3.8, 4) is 0 Å². The van der Waals surface area contributed by atoms with Gasteiger partial charge in [-0.25, -0.2) is 4.39 Å².